The summed E-state index contributed by atoms with van der Waals surface area (Å²) in [5.74, 6) is 0.520. The number of carbonyl (C=O) groups is 1. The van der Waals surface area contributed by atoms with Gasteiger partial charge >= 0.3 is 5.97 Å². The largest absolute Gasteiger partial charge is 0.489 e. The summed E-state index contributed by atoms with van der Waals surface area (Å²) in [5.41, 5.74) is 5.67. The molecule has 0 aliphatic carbocycles. The van der Waals surface area contributed by atoms with Gasteiger partial charge in [-0.15, -0.1) is 0 Å². The molecule has 0 spiro atoms. The topological polar surface area (TPSA) is 116 Å². The Labute approximate surface area is 170 Å². The number of aliphatic carboxylic acids is 1. The average Bonchev–Trinajstić information content (AvgIpc) is 2.93. The van der Waals surface area contributed by atoms with E-state index in [-0.39, 0.29) is 6.04 Å². The number of fused-ring (bicyclic) bond motifs is 2. The number of hydrogen-bond donors (Lipinski definition) is 2. The van der Waals surface area contributed by atoms with Crippen LogP contribution < -0.4 is 15.4 Å². The first-order valence-corrected chi connectivity index (χ1v) is 13.7. The SMILES string of the molecule is C[Si](C)(C)CCOCn1cc2c3c(ncnc31)N1CC[C@](N)(C(=O)O)C[C@H]1CO2. The number of piperidine rings is 1. The molecular weight excluding hydrogens is 390 g/mol. The molecule has 4 heterocycles. The van der Waals surface area contributed by atoms with Gasteiger partial charge in [-0.3, -0.25) is 4.79 Å². The third kappa shape index (κ3) is 3.84. The average molecular weight is 420 g/mol. The summed E-state index contributed by atoms with van der Waals surface area (Å²) in [6, 6.07) is 0.965. The van der Waals surface area contributed by atoms with Crippen molar-refractivity contribution in [3.63, 3.8) is 0 Å². The van der Waals surface area contributed by atoms with Crippen LogP contribution in [-0.4, -0.2) is 65.0 Å². The maximum Gasteiger partial charge on any atom is 0.323 e. The molecule has 0 bridgehead atoms. The Morgan fingerprint density at radius 1 is 1.45 bits per heavy atom. The minimum atomic E-state index is -1.23. The maximum atomic E-state index is 11.6. The maximum absolute atomic E-state index is 11.6. The molecule has 2 aliphatic rings. The summed E-state index contributed by atoms with van der Waals surface area (Å²) in [4.78, 5) is 22.7. The van der Waals surface area contributed by atoms with Crippen molar-refractivity contribution >= 4 is 30.9 Å². The van der Waals surface area contributed by atoms with Crippen LogP contribution in [0.1, 0.15) is 12.8 Å². The number of carboxylic acids is 1. The lowest BCUT2D eigenvalue weighted by atomic mass is 9.84. The molecule has 2 atom stereocenters. The molecule has 1 fully saturated rings. The van der Waals surface area contributed by atoms with Crippen LogP contribution in [0, 0.1) is 0 Å². The lowest BCUT2D eigenvalue weighted by Gasteiger charge is -2.42. The Morgan fingerprint density at radius 2 is 2.24 bits per heavy atom. The number of hydrogen-bond acceptors (Lipinski definition) is 7. The molecule has 0 aromatic carbocycles. The molecule has 0 saturated carbocycles. The summed E-state index contributed by atoms with van der Waals surface area (Å²) in [7, 11) is -1.14. The van der Waals surface area contributed by atoms with Crippen molar-refractivity contribution in [1.82, 2.24) is 14.5 Å². The molecule has 0 unspecified atom stereocenters. The smallest absolute Gasteiger partial charge is 0.323 e. The van der Waals surface area contributed by atoms with Crippen LogP contribution in [-0.2, 0) is 16.3 Å². The normalized spacial score (nSPS) is 24.1. The molecule has 9 nitrogen and oxygen atoms in total. The molecule has 1 saturated heterocycles. The number of carboxylic acid groups (broad SMARTS) is 1. The fraction of sp³-hybridized carbons (Fsp3) is 0.632. The Morgan fingerprint density at radius 3 is 2.97 bits per heavy atom. The first-order chi connectivity index (χ1) is 13.7. The zero-order chi connectivity index (χ0) is 20.8. The first-order valence-electron chi connectivity index (χ1n) is 10.0. The van der Waals surface area contributed by atoms with Gasteiger partial charge in [-0.05, 0) is 18.9 Å². The van der Waals surface area contributed by atoms with Crippen LogP contribution in [0.5, 0.6) is 5.75 Å². The van der Waals surface area contributed by atoms with E-state index in [0.717, 1.165) is 29.5 Å². The van der Waals surface area contributed by atoms with Gasteiger partial charge in [0, 0.05) is 21.2 Å². The van der Waals surface area contributed by atoms with E-state index in [4.69, 9.17) is 15.2 Å². The number of nitrogens with zero attached hydrogens (tertiary/aromatic N) is 4. The molecule has 0 radical (unpaired) electrons. The summed E-state index contributed by atoms with van der Waals surface area (Å²) >= 11 is 0. The molecule has 2 aromatic rings. The highest BCUT2D eigenvalue weighted by Gasteiger charge is 2.44. The van der Waals surface area contributed by atoms with Crippen molar-refractivity contribution in [3.05, 3.63) is 12.5 Å². The highest BCUT2D eigenvalue weighted by molar-refractivity contribution is 6.76. The van der Waals surface area contributed by atoms with E-state index < -0.39 is 19.6 Å². The van der Waals surface area contributed by atoms with Crippen molar-refractivity contribution in [2.24, 2.45) is 5.73 Å². The van der Waals surface area contributed by atoms with Gasteiger partial charge < -0.3 is 29.8 Å². The summed E-state index contributed by atoms with van der Waals surface area (Å²) in [6.45, 7) is 9.00. The lowest BCUT2D eigenvalue weighted by molar-refractivity contribution is -0.144. The number of nitrogens with two attached hydrogens (primary N) is 1. The Hall–Kier alpha value is -2.17. The summed E-state index contributed by atoms with van der Waals surface area (Å²) in [6.07, 6.45) is 4.13. The highest BCUT2D eigenvalue weighted by atomic mass is 28.3. The van der Waals surface area contributed by atoms with Gasteiger partial charge in [0.05, 0.1) is 12.2 Å². The zero-order valence-corrected chi connectivity index (χ0v) is 18.2. The van der Waals surface area contributed by atoms with Crippen LogP contribution in [0.4, 0.5) is 5.82 Å². The Bertz CT molecular complexity index is 927. The van der Waals surface area contributed by atoms with Crippen molar-refractivity contribution in [1.29, 1.82) is 0 Å². The lowest BCUT2D eigenvalue weighted by Crippen LogP contribution is -2.60. The molecule has 4 rings (SSSR count). The van der Waals surface area contributed by atoms with Gasteiger partial charge in [-0.2, -0.15) is 0 Å². The second-order valence-corrected chi connectivity index (χ2v) is 14.9. The second kappa shape index (κ2) is 7.26. The molecular formula is C19H29N5O4Si. The minimum Gasteiger partial charge on any atom is -0.489 e. The van der Waals surface area contributed by atoms with Gasteiger partial charge in [0.25, 0.3) is 0 Å². The molecule has 0 amide bonds. The van der Waals surface area contributed by atoms with Gasteiger partial charge in [0.1, 0.15) is 42.2 Å². The fourth-order valence-electron chi connectivity index (χ4n) is 3.98. The number of aromatic nitrogens is 3. The Kier molecular flexibility index (Phi) is 5.04. The predicted molar refractivity (Wildman–Crippen MR) is 112 cm³/mol. The summed E-state index contributed by atoms with van der Waals surface area (Å²) in [5, 5.41) is 10.4. The van der Waals surface area contributed by atoms with E-state index in [1.807, 2.05) is 10.8 Å². The molecule has 3 N–H and O–H groups in total. The first kappa shape index (κ1) is 20.1. The molecule has 2 aromatic heterocycles. The number of rotatable bonds is 6. The van der Waals surface area contributed by atoms with E-state index in [2.05, 4.69) is 34.5 Å². The van der Waals surface area contributed by atoms with E-state index in [1.165, 1.54) is 0 Å². The van der Waals surface area contributed by atoms with E-state index in [9.17, 15) is 9.90 Å². The quantitative estimate of drug-likeness (QED) is 0.539. The number of ether oxygens (including phenoxy) is 2. The zero-order valence-electron chi connectivity index (χ0n) is 17.2. The van der Waals surface area contributed by atoms with Gasteiger partial charge in [-0.1, -0.05) is 19.6 Å². The Balaban J connectivity index is 1.59. The summed E-state index contributed by atoms with van der Waals surface area (Å²) < 4.78 is 13.9. The van der Waals surface area contributed by atoms with Crippen molar-refractivity contribution in [3.8, 4) is 5.75 Å². The third-order valence-electron chi connectivity index (χ3n) is 5.79. The van der Waals surface area contributed by atoms with Gasteiger partial charge in [0.15, 0.2) is 5.65 Å². The van der Waals surface area contributed by atoms with Gasteiger partial charge in [0.2, 0.25) is 0 Å². The second-order valence-electron chi connectivity index (χ2n) is 9.28. The van der Waals surface area contributed by atoms with E-state index >= 15 is 0 Å². The van der Waals surface area contributed by atoms with Gasteiger partial charge in [-0.25, -0.2) is 9.97 Å². The molecule has 158 valence electrons. The van der Waals surface area contributed by atoms with Crippen LogP contribution >= 0.6 is 0 Å². The minimum absolute atomic E-state index is 0.142. The fourth-order valence-corrected chi connectivity index (χ4v) is 4.74. The standard InChI is InChI=1S/C19H29N5O4Si/c1-29(2,3)7-6-27-12-23-9-14-15-16(23)21-11-22-17(15)24-5-4-19(20,18(25)26)8-13(24)10-28-14/h9,11,13H,4-8,10,12,20H2,1-3H3,(H,25,26)/t13-,19+/m0/s1. The van der Waals surface area contributed by atoms with E-state index in [1.54, 1.807) is 6.33 Å². The van der Waals surface area contributed by atoms with Crippen molar-refractivity contribution in [2.75, 3.05) is 24.7 Å². The molecule has 10 heteroatoms. The molecule has 29 heavy (non-hydrogen) atoms. The van der Waals surface area contributed by atoms with Crippen LogP contribution in [0.3, 0.4) is 0 Å². The van der Waals surface area contributed by atoms with E-state index in [0.29, 0.717) is 38.5 Å². The monoisotopic (exact) mass is 419 g/mol. The third-order valence-corrected chi connectivity index (χ3v) is 7.50. The van der Waals surface area contributed by atoms with Crippen molar-refractivity contribution < 1.29 is 19.4 Å². The van der Waals surface area contributed by atoms with Crippen molar-refractivity contribution in [2.45, 2.75) is 56.8 Å². The predicted octanol–water partition coefficient (Wildman–Crippen LogP) is 1.89. The van der Waals surface area contributed by atoms with Crippen LogP contribution in [0.15, 0.2) is 12.5 Å². The highest BCUT2D eigenvalue weighted by Crippen LogP contribution is 2.40. The molecule has 2 aliphatic heterocycles. The number of anilines is 1. The van der Waals surface area contributed by atoms with Crippen LogP contribution in [0.25, 0.3) is 11.0 Å². The van der Waals surface area contributed by atoms with Crippen LogP contribution in [0.2, 0.25) is 25.7 Å².